The number of piperazine rings is 1. The molecule has 7 nitrogen and oxygen atoms in total. The van der Waals surface area contributed by atoms with E-state index in [9.17, 15) is 14.0 Å². The third-order valence-electron chi connectivity index (χ3n) is 5.77. The SMILES string of the molecule is CC(=O)N1CC(N2CCN(CCNC(=O)c3ccc(F)cc3)CC2)Oc2ccccc21. The molecule has 0 aliphatic carbocycles. The van der Waals surface area contributed by atoms with E-state index < -0.39 is 0 Å². The van der Waals surface area contributed by atoms with Gasteiger partial charge in [-0.15, -0.1) is 0 Å². The molecule has 0 saturated carbocycles. The van der Waals surface area contributed by atoms with Crippen LogP contribution in [0, 0.1) is 5.82 Å². The van der Waals surface area contributed by atoms with Gasteiger partial charge in [0, 0.05) is 51.8 Å². The lowest BCUT2D eigenvalue weighted by molar-refractivity contribution is -0.117. The second-order valence-corrected chi connectivity index (χ2v) is 7.81. The molecule has 1 unspecified atom stereocenters. The Labute approximate surface area is 181 Å². The number of rotatable bonds is 5. The van der Waals surface area contributed by atoms with E-state index in [1.807, 2.05) is 24.3 Å². The molecular weight excluding hydrogens is 399 g/mol. The van der Waals surface area contributed by atoms with Crippen molar-refractivity contribution < 1.29 is 18.7 Å². The molecule has 2 heterocycles. The molecule has 2 aromatic carbocycles. The zero-order valence-corrected chi connectivity index (χ0v) is 17.6. The summed E-state index contributed by atoms with van der Waals surface area (Å²) in [5.74, 6) is 0.194. The Kier molecular flexibility index (Phi) is 6.48. The van der Waals surface area contributed by atoms with Gasteiger partial charge in [0.05, 0.1) is 12.2 Å². The van der Waals surface area contributed by atoms with Gasteiger partial charge in [-0.1, -0.05) is 12.1 Å². The smallest absolute Gasteiger partial charge is 0.251 e. The molecule has 1 atom stereocenters. The molecule has 0 spiro atoms. The van der Waals surface area contributed by atoms with E-state index in [0.29, 0.717) is 18.7 Å². The third kappa shape index (κ3) is 5.03. The van der Waals surface area contributed by atoms with Crippen LogP contribution >= 0.6 is 0 Å². The molecule has 164 valence electrons. The lowest BCUT2D eigenvalue weighted by Crippen LogP contribution is -2.57. The van der Waals surface area contributed by atoms with Crippen LogP contribution in [0.3, 0.4) is 0 Å². The van der Waals surface area contributed by atoms with Crippen LogP contribution in [0.2, 0.25) is 0 Å². The van der Waals surface area contributed by atoms with Crippen molar-refractivity contribution in [1.82, 2.24) is 15.1 Å². The quantitative estimate of drug-likeness (QED) is 0.792. The number of benzene rings is 2. The minimum absolute atomic E-state index is 0.0104. The second kappa shape index (κ2) is 9.45. The van der Waals surface area contributed by atoms with Crippen molar-refractivity contribution in [2.24, 2.45) is 0 Å². The maximum atomic E-state index is 13.0. The van der Waals surface area contributed by atoms with Crippen LogP contribution in [0.1, 0.15) is 17.3 Å². The number of halogens is 1. The van der Waals surface area contributed by atoms with Crippen molar-refractivity contribution in [2.75, 3.05) is 50.7 Å². The summed E-state index contributed by atoms with van der Waals surface area (Å²) in [5, 5.41) is 2.88. The fourth-order valence-electron chi connectivity index (χ4n) is 4.01. The van der Waals surface area contributed by atoms with E-state index in [1.54, 1.807) is 11.8 Å². The van der Waals surface area contributed by atoms with E-state index >= 15 is 0 Å². The van der Waals surface area contributed by atoms with Gasteiger partial charge in [0.2, 0.25) is 5.91 Å². The molecular formula is C23H27FN4O3. The maximum Gasteiger partial charge on any atom is 0.251 e. The Hall–Kier alpha value is -2.97. The first-order valence-electron chi connectivity index (χ1n) is 10.6. The van der Waals surface area contributed by atoms with E-state index in [0.717, 1.165) is 44.2 Å². The van der Waals surface area contributed by atoms with Crippen molar-refractivity contribution in [3.8, 4) is 5.75 Å². The molecule has 0 aromatic heterocycles. The standard InChI is InChI=1S/C23H27FN4O3/c1-17(29)28-16-22(31-21-5-3-2-4-20(21)28)27-14-12-26(13-15-27)11-10-25-23(30)18-6-8-19(24)9-7-18/h2-9,22H,10-16H2,1H3,(H,25,30). The highest BCUT2D eigenvalue weighted by Crippen LogP contribution is 2.34. The van der Waals surface area contributed by atoms with Crippen LogP contribution in [-0.4, -0.2) is 73.7 Å². The Bertz CT molecular complexity index is 929. The van der Waals surface area contributed by atoms with Gasteiger partial charge in [-0.2, -0.15) is 0 Å². The van der Waals surface area contributed by atoms with Crippen LogP contribution < -0.4 is 15.0 Å². The minimum atomic E-state index is -0.355. The molecule has 2 amide bonds. The van der Waals surface area contributed by atoms with E-state index in [-0.39, 0.29) is 23.9 Å². The van der Waals surface area contributed by atoms with Crippen LogP contribution in [0.5, 0.6) is 5.75 Å². The van der Waals surface area contributed by atoms with Gasteiger partial charge in [0.15, 0.2) is 6.23 Å². The molecule has 2 aliphatic rings. The first kappa shape index (κ1) is 21.3. The van der Waals surface area contributed by atoms with E-state index in [4.69, 9.17) is 4.74 Å². The lowest BCUT2D eigenvalue weighted by Gasteiger charge is -2.43. The van der Waals surface area contributed by atoms with Crippen molar-refractivity contribution in [2.45, 2.75) is 13.2 Å². The maximum absolute atomic E-state index is 13.0. The molecule has 1 fully saturated rings. The van der Waals surface area contributed by atoms with Crippen LogP contribution in [0.15, 0.2) is 48.5 Å². The number of para-hydroxylation sites is 2. The fraction of sp³-hybridized carbons (Fsp3) is 0.391. The first-order chi connectivity index (χ1) is 15.0. The molecule has 0 bridgehead atoms. The van der Waals surface area contributed by atoms with Crippen molar-refractivity contribution in [3.05, 3.63) is 59.9 Å². The molecule has 4 rings (SSSR count). The summed E-state index contributed by atoms with van der Waals surface area (Å²) in [6.07, 6.45) is -0.167. The Morgan fingerprint density at radius 3 is 2.48 bits per heavy atom. The predicted molar refractivity (Wildman–Crippen MR) is 116 cm³/mol. The largest absolute Gasteiger partial charge is 0.471 e. The first-order valence-corrected chi connectivity index (χ1v) is 10.6. The molecule has 1 saturated heterocycles. The Balaban J connectivity index is 1.25. The molecule has 0 radical (unpaired) electrons. The summed E-state index contributed by atoms with van der Waals surface area (Å²) in [7, 11) is 0. The van der Waals surface area contributed by atoms with Gasteiger partial charge in [-0.3, -0.25) is 19.4 Å². The van der Waals surface area contributed by atoms with Crippen LogP contribution in [-0.2, 0) is 4.79 Å². The fourth-order valence-corrected chi connectivity index (χ4v) is 4.01. The van der Waals surface area contributed by atoms with Gasteiger partial charge in [-0.25, -0.2) is 4.39 Å². The monoisotopic (exact) mass is 426 g/mol. The number of hydrogen-bond acceptors (Lipinski definition) is 5. The van der Waals surface area contributed by atoms with E-state index in [2.05, 4.69) is 15.1 Å². The average molecular weight is 426 g/mol. The number of ether oxygens (including phenoxy) is 1. The molecule has 2 aromatic rings. The lowest BCUT2D eigenvalue weighted by atomic mass is 10.2. The third-order valence-corrected chi connectivity index (χ3v) is 5.77. The van der Waals surface area contributed by atoms with Crippen LogP contribution in [0.25, 0.3) is 0 Å². The highest BCUT2D eigenvalue weighted by molar-refractivity contribution is 5.94. The number of hydrogen-bond donors (Lipinski definition) is 1. The second-order valence-electron chi connectivity index (χ2n) is 7.81. The van der Waals surface area contributed by atoms with Crippen LogP contribution in [0.4, 0.5) is 10.1 Å². The summed E-state index contributed by atoms with van der Waals surface area (Å²) >= 11 is 0. The zero-order valence-electron chi connectivity index (χ0n) is 17.6. The van der Waals surface area contributed by atoms with Gasteiger partial charge in [0.25, 0.3) is 5.91 Å². The van der Waals surface area contributed by atoms with Gasteiger partial charge in [0.1, 0.15) is 11.6 Å². The normalized spacial score (nSPS) is 19.4. The number of nitrogens with one attached hydrogen (secondary N) is 1. The highest BCUT2D eigenvalue weighted by atomic mass is 19.1. The minimum Gasteiger partial charge on any atom is -0.471 e. The summed E-state index contributed by atoms with van der Waals surface area (Å²) in [6.45, 7) is 6.73. The average Bonchev–Trinajstić information content (AvgIpc) is 2.79. The Morgan fingerprint density at radius 1 is 1.06 bits per heavy atom. The number of carbonyl (C=O) groups excluding carboxylic acids is 2. The number of fused-ring (bicyclic) bond motifs is 1. The highest BCUT2D eigenvalue weighted by Gasteiger charge is 2.33. The zero-order chi connectivity index (χ0) is 21.8. The molecule has 31 heavy (non-hydrogen) atoms. The molecule has 2 aliphatic heterocycles. The van der Waals surface area contributed by atoms with Crippen molar-refractivity contribution >= 4 is 17.5 Å². The van der Waals surface area contributed by atoms with Gasteiger partial charge >= 0.3 is 0 Å². The topological polar surface area (TPSA) is 65.1 Å². The number of carbonyl (C=O) groups is 2. The van der Waals surface area contributed by atoms with E-state index in [1.165, 1.54) is 24.3 Å². The summed E-state index contributed by atoms with van der Waals surface area (Å²) in [4.78, 5) is 30.6. The Morgan fingerprint density at radius 2 is 1.77 bits per heavy atom. The summed E-state index contributed by atoms with van der Waals surface area (Å²) in [5.41, 5.74) is 1.28. The van der Waals surface area contributed by atoms with Gasteiger partial charge < -0.3 is 15.0 Å². The van der Waals surface area contributed by atoms with Gasteiger partial charge in [-0.05, 0) is 36.4 Å². The predicted octanol–water partition coefficient (Wildman–Crippen LogP) is 1.94. The number of amides is 2. The molecule has 8 heteroatoms. The molecule has 1 N–H and O–H groups in total. The summed E-state index contributed by atoms with van der Waals surface area (Å²) < 4.78 is 19.2. The van der Waals surface area contributed by atoms with Crippen molar-refractivity contribution in [1.29, 1.82) is 0 Å². The summed E-state index contributed by atoms with van der Waals surface area (Å²) in [6, 6.07) is 13.2. The number of anilines is 1. The van der Waals surface area contributed by atoms with Crippen molar-refractivity contribution in [3.63, 3.8) is 0 Å². The number of nitrogens with zero attached hydrogens (tertiary/aromatic N) is 3.